The van der Waals surface area contributed by atoms with Gasteiger partial charge in [-0.25, -0.2) is 4.68 Å². The van der Waals surface area contributed by atoms with Crippen molar-refractivity contribution in [3.05, 3.63) is 54.1 Å². The highest BCUT2D eigenvalue weighted by atomic mass is 32.2. The van der Waals surface area contributed by atoms with Crippen LogP contribution >= 0.6 is 11.8 Å². The molecule has 1 aromatic heterocycles. The van der Waals surface area contributed by atoms with Crippen molar-refractivity contribution in [2.75, 3.05) is 23.5 Å². The first-order chi connectivity index (χ1) is 14.3. The number of hydrogen-bond donors (Lipinski definition) is 2. The Labute approximate surface area is 174 Å². The highest BCUT2D eigenvalue weighted by Gasteiger charge is 2.30. The van der Waals surface area contributed by atoms with Crippen LogP contribution in [0.2, 0.25) is 0 Å². The number of nitrogens with zero attached hydrogens (tertiary/aromatic N) is 3. The molecule has 0 atom stereocenters. The van der Waals surface area contributed by atoms with Gasteiger partial charge in [0.25, 0.3) is 0 Å². The number of carbonyl (C=O) groups is 1. The minimum atomic E-state index is -4.48. The van der Waals surface area contributed by atoms with Crippen molar-refractivity contribution in [2.24, 2.45) is 0 Å². The number of hydrogen-bond acceptors (Lipinski definition) is 6. The third kappa shape index (κ3) is 5.23. The molecule has 0 aliphatic carbocycles. The van der Waals surface area contributed by atoms with Gasteiger partial charge >= 0.3 is 6.18 Å². The summed E-state index contributed by atoms with van der Waals surface area (Å²) in [6, 6.07) is 11.6. The highest BCUT2D eigenvalue weighted by molar-refractivity contribution is 7.99. The molecular weight excluding hydrogens is 419 g/mol. The lowest BCUT2D eigenvalue weighted by Gasteiger charge is -2.10. The number of benzene rings is 2. The second-order valence-corrected chi connectivity index (χ2v) is 6.99. The predicted octanol–water partition coefficient (Wildman–Crippen LogP) is 3.81. The van der Waals surface area contributed by atoms with Crippen LogP contribution in [0.4, 0.5) is 18.9 Å². The first-order valence-corrected chi connectivity index (χ1v) is 9.80. The standard InChI is InChI=1S/C19H18F3N5O2S/c1-2-29-15-8-3-5-12(9-15)17-25-26-18(27(17)23)30-11-16(28)24-14-7-4-6-13(10-14)19(20,21)22/h3-10H,2,11,23H2,1H3,(H,24,28). The van der Waals surface area contributed by atoms with Crippen molar-refractivity contribution >= 4 is 23.4 Å². The van der Waals surface area contributed by atoms with Gasteiger partial charge in [0, 0.05) is 11.3 Å². The summed E-state index contributed by atoms with van der Waals surface area (Å²) in [5, 5.41) is 10.7. The molecule has 3 rings (SSSR count). The van der Waals surface area contributed by atoms with E-state index in [1.165, 1.54) is 16.8 Å². The van der Waals surface area contributed by atoms with Crippen LogP contribution in [0.3, 0.4) is 0 Å². The van der Waals surface area contributed by atoms with E-state index >= 15 is 0 Å². The third-order valence-electron chi connectivity index (χ3n) is 3.87. The molecule has 0 saturated heterocycles. The number of ether oxygens (including phenoxy) is 1. The molecule has 0 bridgehead atoms. The van der Waals surface area contributed by atoms with Gasteiger partial charge in [-0.3, -0.25) is 4.79 Å². The lowest BCUT2D eigenvalue weighted by Crippen LogP contribution is -2.17. The number of nitrogen functional groups attached to an aromatic ring is 1. The largest absolute Gasteiger partial charge is 0.494 e. The Balaban J connectivity index is 1.64. The number of nitrogens with two attached hydrogens (primary N) is 1. The number of halogens is 3. The van der Waals surface area contributed by atoms with Crippen LogP contribution in [0.25, 0.3) is 11.4 Å². The van der Waals surface area contributed by atoms with Crippen molar-refractivity contribution in [3.63, 3.8) is 0 Å². The maximum atomic E-state index is 12.8. The summed E-state index contributed by atoms with van der Waals surface area (Å²) in [5.74, 6) is 6.48. The van der Waals surface area contributed by atoms with Crippen molar-refractivity contribution in [1.82, 2.24) is 14.9 Å². The zero-order valence-corrected chi connectivity index (χ0v) is 16.6. The van der Waals surface area contributed by atoms with Gasteiger partial charge in [-0.1, -0.05) is 30.0 Å². The van der Waals surface area contributed by atoms with E-state index in [0.717, 1.165) is 23.9 Å². The lowest BCUT2D eigenvalue weighted by molar-refractivity contribution is -0.137. The lowest BCUT2D eigenvalue weighted by atomic mass is 10.2. The molecular formula is C19H18F3N5O2S. The average molecular weight is 437 g/mol. The number of amides is 1. The maximum Gasteiger partial charge on any atom is 0.416 e. The van der Waals surface area contributed by atoms with Gasteiger partial charge < -0.3 is 15.9 Å². The van der Waals surface area contributed by atoms with Crippen molar-refractivity contribution in [3.8, 4) is 17.1 Å². The SMILES string of the molecule is CCOc1cccc(-c2nnc(SCC(=O)Nc3cccc(C(F)(F)F)c3)n2N)c1. The van der Waals surface area contributed by atoms with Gasteiger partial charge in [-0.05, 0) is 37.3 Å². The molecule has 0 fully saturated rings. The van der Waals surface area contributed by atoms with Gasteiger partial charge in [-0.2, -0.15) is 13.2 Å². The van der Waals surface area contributed by atoms with Crippen LogP contribution in [0.5, 0.6) is 5.75 Å². The predicted molar refractivity (Wildman–Crippen MR) is 108 cm³/mol. The van der Waals surface area contributed by atoms with Gasteiger partial charge in [0.05, 0.1) is 17.9 Å². The van der Waals surface area contributed by atoms with Gasteiger partial charge in [0.15, 0.2) is 5.82 Å². The van der Waals surface area contributed by atoms with E-state index in [2.05, 4.69) is 15.5 Å². The Kier molecular flexibility index (Phi) is 6.50. The Bertz CT molecular complexity index is 1040. The highest BCUT2D eigenvalue weighted by Crippen LogP contribution is 2.31. The number of carbonyl (C=O) groups excluding carboxylic acids is 1. The fraction of sp³-hybridized carbons (Fsp3) is 0.211. The van der Waals surface area contributed by atoms with Crippen molar-refractivity contribution in [2.45, 2.75) is 18.3 Å². The Morgan fingerprint density at radius 2 is 1.97 bits per heavy atom. The topological polar surface area (TPSA) is 95.1 Å². The van der Waals surface area contributed by atoms with E-state index in [0.29, 0.717) is 23.7 Å². The third-order valence-corrected chi connectivity index (χ3v) is 4.82. The molecule has 158 valence electrons. The summed E-state index contributed by atoms with van der Waals surface area (Å²) in [7, 11) is 0. The van der Waals surface area contributed by atoms with Gasteiger partial charge in [0.2, 0.25) is 11.1 Å². The molecule has 0 radical (unpaired) electrons. The van der Waals surface area contributed by atoms with E-state index in [-0.39, 0.29) is 16.6 Å². The molecule has 2 aromatic carbocycles. The monoisotopic (exact) mass is 437 g/mol. The molecule has 7 nitrogen and oxygen atoms in total. The normalized spacial score (nSPS) is 11.3. The van der Waals surface area contributed by atoms with Gasteiger partial charge in [-0.15, -0.1) is 10.2 Å². The summed E-state index contributed by atoms with van der Waals surface area (Å²) in [5.41, 5.74) is -0.0946. The Morgan fingerprint density at radius 1 is 1.20 bits per heavy atom. The van der Waals surface area contributed by atoms with Crippen LogP contribution in [0.1, 0.15) is 12.5 Å². The molecule has 1 amide bonds. The Hall–Kier alpha value is -3.21. The first kappa shape index (κ1) is 21.5. The zero-order valence-electron chi connectivity index (χ0n) is 15.8. The van der Waals surface area contributed by atoms with Crippen LogP contribution in [-0.4, -0.2) is 33.1 Å². The van der Waals surface area contributed by atoms with E-state index in [4.69, 9.17) is 10.6 Å². The number of thioether (sulfide) groups is 1. The maximum absolute atomic E-state index is 12.8. The second-order valence-electron chi connectivity index (χ2n) is 6.05. The second kappa shape index (κ2) is 9.08. The fourth-order valence-corrected chi connectivity index (χ4v) is 3.22. The molecule has 3 aromatic rings. The van der Waals surface area contributed by atoms with Crippen LogP contribution in [-0.2, 0) is 11.0 Å². The van der Waals surface area contributed by atoms with Crippen molar-refractivity contribution < 1.29 is 22.7 Å². The number of aromatic nitrogens is 3. The van der Waals surface area contributed by atoms with E-state index in [1.54, 1.807) is 24.3 Å². The zero-order chi connectivity index (χ0) is 21.7. The number of anilines is 1. The summed E-state index contributed by atoms with van der Waals surface area (Å²) < 4.78 is 45.0. The molecule has 0 aliphatic rings. The summed E-state index contributed by atoms with van der Waals surface area (Å²) >= 11 is 1.01. The van der Waals surface area contributed by atoms with Crippen molar-refractivity contribution in [1.29, 1.82) is 0 Å². The molecule has 11 heteroatoms. The number of alkyl halides is 3. The van der Waals surface area contributed by atoms with E-state index < -0.39 is 17.6 Å². The number of rotatable bonds is 7. The van der Waals surface area contributed by atoms with Crippen LogP contribution in [0, 0.1) is 0 Å². The average Bonchev–Trinajstić information content (AvgIpc) is 3.07. The van der Waals surface area contributed by atoms with Crippen LogP contribution in [0.15, 0.2) is 53.7 Å². The molecule has 1 heterocycles. The summed E-state index contributed by atoms with van der Waals surface area (Å²) in [4.78, 5) is 12.1. The fourth-order valence-electron chi connectivity index (χ4n) is 2.56. The van der Waals surface area contributed by atoms with Crippen LogP contribution < -0.4 is 15.9 Å². The molecule has 0 unspecified atom stereocenters. The Morgan fingerprint density at radius 3 is 2.70 bits per heavy atom. The van der Waals surface area contributed by atoms with E-state index in [9.17, 15) is 18.0 Å². The first-order valence-electron chi connectivity index (χ1n) is 8.81. The van der Waals surface area contributed by atoms with E-state index in [1.807, 2.05) is 6.92 Å². The molecule has 0 saturated carbocycles. The quantitative estimate of drug-likeness (QED) is 0.431. The molecule has 30 heavy (non-hydrogen) atoms. The summed E-state index contributed by atoms with van der Waals surface area (Å²) in [6.45, 7) is 2.39. The summed E-state index contributed by atoms with van der Waals surface area (Å²) in [6.07, 6.45) is -4.48. The minimum absolute atomic E-state index is 0.0538. The molecule has 0 spiro atoms. The molecule has 3 N–H and O–H groups in total. The smallest absolute Gasteiger partial charge is 0.416 e. The molecule has 0 aliphatic heterocycles. The van der Waals surface area contributed by atoms with Gasteiger partial charge in [0.1, 0.15) is 5.75 Å². The number of nitrogens with one attached hydrogen (secondary N) is 1. The minimum Gasteiger partial charge on any atom is -0.494 e.